The number of fused-ring (bicyclic) bond motifs is 2. The molecule has 0 radical (unpaired) electrons. The lowest BCUT2D eigenvalue weighted by molar-refractivity contribution is -0.576. The van der Waals surface area contributed by atoms with Crippen molar-refractivity contribution in [2.45, 2.75) is 41.5 Å². The number of rotatable bonds is 2. The molecule has 1 aliphatic rings. The van der Waals surface area contributed by atoms with Crippen molar-refractivity contribution < 1.29 is 43.7 Å². The van der Waals surface area contributed by atoms with E-state index in [0.717, 1.165) is 45.3 Å². The Hall–Kier alpha value is -5.27. The Labute approximate surface area is 285 Å². The van der Waals surface area contributed by atoms with Gasteiger partial charge in [-0.1, -0.05) is 12.1 Å². The maximum atomic E-state index is 9.75. The number of anilines is 2. The first-order valence-corrected chi connectivity index (χ1v) is 15.2. The number of hydrogen-bond donors (Lipinski definition) is 2. The number of nitrogens with one attached hydrogen (secondary N) is 2. The van der Waals surface area contributed by atoms with E-state index in [4.69, 9.17) is 9.98 Å². The molecule has 3 heterocycles. The molecular weight excluding hydrogens is 666 g/mol. The first-order chi connectivity index (χ1) is 23.2. The molecular formula is C34H36B2F8N6. The Morgan fingerprint density at radius 3 is 1.06 bits per heavy atom. The molecule has 264 valence electrons. The summed E-state index contributed by atoms with van der Waals surface area (Å²) in [6, 6.07) is 16.8. The highest BCUT2D eigenvalue weighted by atomic mass is 19.5. The van der Waals surface area contributed by atoms with Crippen LogP contribution in [0.5, 0.6) is 0 Å². The van der Waals surface area contributed by atoms with Crippen LogP contribution in [0.4, 0.5) is 57.3 Å². The summed E-state index contributed by atoms with van der Waals surface area (Å²) >= 11 is 0. The van der Waals surface area contributed by atoms with Crippen molar-refractivity contribution in [1.82, 2.24) is 0 Å². The van der Waals surface area contributed by atoms with Gasteiger partial charge in [-0.3, -0.25) is 0 Å². The summed E-state index contributed by atoms with van der Waals surface area (Å²) in [5.74, 6) is 0. The topological polar surface area (TPSA) is 56.5 Å². The normalized spacial score (nSPS) is 15.1. The van der Waals surface area contributed by atoms with Gasteiger partial charge < -0.3 is 45.2 Å². The molecule has 1 aliphatic heterocycles. The van der Waals surface area contributed by atoms with Crippen molar-refractivity contribution in [3.63, 3.8) is 0 Å². The molecule has 0 fully saturated rings. The molecule has 0 atom stereocenters. The van der Waals surface area contributed by atoms with Crippen LogP contribution in [-0.2, 0) is 0 Å². The number of aromatic nitrogens is 2. The zero-order valence-electron chi connectivity index (χ0n) is 28.2. The summed E-state index contributed by atoms with van der Waals surface area (Å²) in [6.45, 7) is 12.6. The molecule has 0 saturated heterocycles. The first-order valence-electron chi connectivity index (χ1n) is 15.2. The Morgan fingerprint density at radius 1 is 0.460 bits per heavy atom. The molecule has 0 saturated carbocycles. The Bertz CT molecular complexity index is 1740. The van der Waals surface area contributed by atoms with Crippen LogP contribution in [0.3, 0.4) is 0 Å². The van der Waals surface area contributed by atoms with Crippen LogP contribution in [-0.4, -0.2) is 26.9 Å². The van der Waals surface area contributed by atoms with Crippen LogP contribution < -0.4 is 19.8 Å². The van der Waals surface area contributed by atoms with Crippen LogP contribution in [0.1, 0.15) is 33.4 Å². The van der Waals surface area contributed by atoms with E-state index in [-0.39, 0.29) is 0 Å². The summed E-state index contributed by atoms with van der Waals surface area (Å²) in [4.78, 5) is 9.89. The van der Waals surface area contributed by atoms with E-state index in [2.05, 4.69) is 122 Å². The van der Waals surface area contributed by atoms with E-state index in [9.17, 15) is 34.5 Å². The molecule has 0 aliphatic carbocycles. The molecule has 0 bridgehead atoms. The van der Waals surface area contributed by atoms with Crippen molar-refractivity contribution in [3.8, 4) is 0 Å². The predicted octanol–water partition coefficient (Wildman–Crippen LogP) is 9.65. The van der Waals surface area contributed by atoms with Crippen LogP contribution in [0, 0.1) is 41.5 Å². The second-order valence-electron chi connectivity index (χ2n) is 11.6. The van der Waals surface area contributed by atoms with Gasteiger partial charge in [-0.15, -0.1) is 0 Å². The average molecular weight is 702 g/mol. The molecule has 2 N–H and O–H groups in total. The lowest BCUT2D eigenvalue weighted by Gasteiger charge is -2.10. The third kappa shape index (κ3) is 14.1. The minimum Gasteiger partial charge on any atom is -0.418 e. The van der Waals surface area contributed by atoms with Gasteiger partial charge >= 0.3 is 14.5 Å². The van der Waals surface area contributed by atoms with Gasteiger partial charge in [-0.2, -0.15) is 9.13 Å². The highest BCUT2D eigenvalue weighted by Gasteiger charge is 2.21. The minimum absolute atomic E-state index is 0.841. The van der Waals surface area contributed by atoms with Gasteiger partial charge in [0.2, 0.25) is 11.4 Å². The zero-order chi connectivity index (χ0) is 37.2. The third-order valence-electron chi connectivity index (χ3n) is 6.60. The molecule has 4 aromatic rings. The Balaban J connectivity index is 0.000000595. The summed E-state index contributed by atoms with van der Waals surface area (Å²) in [6.07, 6.45) is 16.2. The molecule has 0 amide bonds. The van der Waals surface area contributed by atoms with Gasteiger partial charge in [0.15, 0.2) is 24.8 Å². The fourth-order valence-corrected chi connectivity index (χ4v) is 4.81. The van der Waals surface area contributed by atoms with Gasteiger partial charge in [0.25, 0.3) is 0 Å². The van der Waals surface area contributed by atoms with E-state index in [1.54, 1.807) is 0 Å². The van der Waals surface area contributed by atoms with Gasteiger partial charge in [-0.05, 0) is 89.1 Å². The smallest absolute Gasteiger partial charge is 0.418 e. The van der Waals surface area contributed by atoms with Crippen molar-refractivity contribution in [3.05, 3.63) is 119 Å². The molecule has 2 aromatic carbocycles. The van der Waals surface area contributed by atoms with Crippen LogP contribution in [0.25, 0.3) is 11.4 Å². The van der Waals surface area contributed by atoms with Crippen LogP contribution >= 0.6 is 0 Å². The summed E-state index contributed by atoms with van der Waals surface area (Å²) in [7, 11) is -12.0. The summed E-state index contributed by atoms with van der Waals surface area (Å²) in [5, 5.41) is 7.04. The van der Waals surface area contributed by atoms with Crippen LogP contribution in [0.15, 0.2) is 95.7 Å². The zero-order valence-corrected chi connectivity index (χ0v) is 28.2. The van der Waals surface area contributed by atoms with E-state index in [1.807, 2.05) is 37.0 Å². The number of pyridine rings is 2. The number of nitrogens with zero attached hydrogens (tertiary/aromatic N) is 4. The highest BCUT2D eigenvalue weighted by molar-refractivity contribution is 6.50. The summed E-state index contributed by atoms with van der Waals surface area (Å²) in [5.41, 5.74) is 12.3. The number of allylic oxidation sites excluding steroid dienone is 2. The van der Waals surface area contributed by atoms with Gasteiger partial charge in [0.05, 0.1) is 35.1 Å². The molecule has 0 unspecified atom stereocenters. The number of aliphatic imine (C=N–C) groups is 2. The monoisotopic (exact) mass is 702 g/mol. The maximum Gasteiger partial charge on any atom is 0.673 e. The van der Waals surface area contributed by atoms with Crippen molar-refractivity contribution in [2.75, 3.05) is 10.6 Å². The molecule has 16 heteroatoms. The second kappa shape index (κ2) is 16.9. The quantitative estimate of drug-likeness (QED) is 0.124. The number of halogens is 8. The maximum absolute atomic E-state index is 9.75. The number of benzene rings is 2. The van der Waals surface area contributed by atoms with Gasteiger partial charge in [0.1, 0.15) is 12.4 Å². The Kier molecular flexibility index (Phi) is 13.2. The van der Waals surface area contributed by atoms with Crippen molar-refractivity contribution >= 4 is 61.1 Å². The lowest BCUT2D eigenvalue weighted by Crippen LogP contribution is -2.34. The fourth-order valence-electron chi connectivity index (χ4n) is 4.81. The predicted molar refractivity (Wildman–Crippen MR) is 187 cm³/mol. The van der Waals surface area contributed by atoms with E-state index in [1.165, 1.54) is 22.3 Å². The molecule has 0 spiro atoms. The van der Waals surface area contributed by atoms with E-state index in [0.29, 0.717) is 0 Å². The summed E-state index contributed by atoms with van der Waals surface area (Å²) < 4.78 is 82.2. The molecule has 2 aromatic heterocycles. The fraction of sp³-hybridized carbons (Fsp3) is 0.176. The second-order valence-corrected chi connectivity index (χ2v) is 11.6. The number of aryl methyl sites for hydroxylation is 6. The standard InChI is InChI=1S/C34H36N6.2BF4/c1-23-7-9-31-33(13-23)37-17-29(39-19-25(3)11-26(4)20-39)16-36-32-10-8-24(2)14-34(32)38-18-30(15-35-31)40-21-27(5)12-28(6)22-40;2*2-1(3,4)5/h7-22,37-38H,1-6H3;;/q+2;2*-1/b29-17+,30-18+,35-15?,36-16?;;. The molecule has 5 rings (SSSR count). The average Bonchev–Trinajstić information content (AvgIpc) is 2.95. The van der Waals surface area contributed by atoms with E-state index < -0.39 is 14.5 Å². The minimum atomic E-state index is -6.00. The molecule has 6 nitrogen and oxygen atoms in total. The molecule has 50 heavy (non-hydrogen) atoms. The Morgan fingerprint density at radius 2 is 0.760 bits per heavy atom. The van der Waals surface area contributed by atoms with Crippen molar-refractivity contribution in [2.24, 2.45) is 9.98 Å². The largest absolute Gasteiger partial charge is 0.673 e. The SMILES string of the molecule is Cc1ccc2c(c1)N/C=C(/[n+]1cc(C)cc(C)c1)C=Nc1ccc(C)cc1N/C=C(/[n+]1cc(C)cc(C)c1)C=N2.F[B-](F)(F)F.F[B-](F)(F)F. The number of hydrogen-bond acceptors (Lipinski definition) is 4. The first kappa shape index (κ1) is 39.2. The van der Waals surface area contributed by atoms with E-state index >= 15 is 0 Å². The van der Waals surface area contributed by atoms with Gasteiger partial charge in [0, 0.05) is 22.3 Å². The lowest BCUT2D eigenvalue weighted by atomic mass is 10.2. The van der Waals surface area contributed by atoms with Crippen LogP contribution in [0.2, 0.25) is 0 Å². The van der Waals surface area contributed by atoms with Crippen molar-refractivity contribution in [1.29, 1.82) is 0 Å². The highest BCUT2D eigenvalue weighted by Crippen LogP contribution is 2.29. The third-order valence-corrected chi connectivity index (χ3v) is 6.60. The van der Waals surface area contributed by atoms with Gasteiger partial charge in [-0.25, -0.2) is 9.98 Å².